The number of urea groups is 1. The lowest BCUT2D eigenvalue weighted by molar-refractivity contribution is -0.131. The number of hydrogen-bond acceptors (Lipinski definition) is 6. The van der Waals surface area contributed by atoms with Gasteiger partial charge in [0.15, 0.2) is 0 Å². The van der Waals surface area contributed by atoms with E-state index in [1.165, 1.54) is 12.0 Å². The standard InChI is InChI=1S/C22H23IN4O5/c1-12(31-2)19(20-24-16-8-5-14(23)11-17(16)25-20)27-21(29)18(26-22(27)30)13-3-6-15(7-4-13)32-10-9-28/h3-8,11-12,18-19,28H,9-10H2,1-2H3,(H,24,25)(H,26,30). The molecule has 0 saturated carbocycles. The van der Waals surface area contributed by atoms with E-state index in [0.29, 0.717) is 17.1 Å². The summed E-state index contributed by atoms with van der Waals surface area (Å²) in [6.45, 7) is 1.88. The number of halogens is 1. The van der Waals surface area contributed by atoms with Crippen LogP contribution in [0.3, 0.4) is 0 Å². The van der Waals surface area contributed by atoms with Crippen LogP contribution in [-0.4, -0.2) is 58.3 Å². The second-order valence-corrected chi connectivity index (χ2v) is 8.65. The fourth-order valence-electron chi connectivity index (χ4n) is 3.73. The zero-order valence-corrected chi connectivity index (χ0v) is 19.7. The van der Waals surface area contributed by atoms with E-state index in [1.807, 2.05) is 18.2 Å². The average molecular weight is 550 g/mol. The number of imidazole rings is 1. The van der Waals surface area contributed by atoms with Crippen molar-refractivity contribution in [1.82, 2.24) is 20.2 Å². The molecule has 0 aliphatic carbocycles. The molecule has 32 heavy (non-hydrogen) atoms. The zero-order chi connectivity index (χ0) is 22.8. The van der Waals surface area contributed by atoms with Gasteiger partial charge in [0.05, 0.1) is 23.7 Å². The van der Waals surface area contributed by atoms with Gasteiger partial charge in [0.1, 0.15) is 30.3 Å². The Morgan fingerprint density at radius 1 is 1.22 bits per heavy atom. The van der Waals surface area contributed by atoms with Crippen molar-refractivity contribution in [1.29, 1.82) is 0 Å². The van der Waals surface area contributed by atoms with Gasteiger partial charge >= 0.3 is 6.03 Å². The Morgan fingerprint density at radius 3 is 2.66 bits per heavy atom. The minimum absolute atomic E-state index is 0.0894. The Balaban J connectivity index is 1.64. The molecular weight excluding hydrogens is 527 g/mol. The minimum atomic E-state index is -0.828. The second kappa shape index (κ2) is 9.43. The Hall–Kier alpha value is -2.70. The quantitative estimate of drug-likeness (QED) is 0.294. The molecule has 168 valence electrons. The highest BCUT2D eigenvalue weighted by Gasteiger charge is 2.46. The summed E-state index contributed by atoms with van der Waals surface area (Å²) in [5, 5.41) is 11.6. The van der Waals surface area contributed by atoms with Gasteiger partial charge in [-0.1, -0.05) is 12.1 Å². The van der Waals surface area contributed by atoms with Gasteiger partial charge in [0.25, 0.3) is 5.91 Å². The van der Waals surface area contributed by atoms with E-state index in [0.717, 1.165) is 14.6 Å². The predicted molar refractivity (Wildman–Crippen MR) is 125 cm³/mol. The minimum Gasteiger partial charge on any atom is -0.491 e. The molecule has 3 unspecified atom stereocenters. The van der Waals surface area contributed by atoms with Crippen LogP contribution in [-0.2, 0) is 9.53 Å². The summed E-state index contributed by atoms with van der Waals surface area (Å²) >= 11 is 2.21. The van der Waals surface area contributed by atoms with Crippen molar-refractivity contribution in [3.05, 3.63) is 57.4 Å². The first-order valence-corrected chi connectivity index (χ1v) is 11.2. The zero-order valence-electron chi connectivity index (χ0n) is 17.5. The lowest BCUT2D eigenvalue weighted by Gasteiger charge is -2.28. The van der Waals surface area contributed by atoms with E-state index in [4.69, 9.17) is 14.6 Å². The van der Waals surface area contributed by atoms with Crippen LogP contribution in [0.1, 0.15) is 30.4 Å². The Kier molecular flexibility index (Phi) is 6.63. The molecule has 1 aliphatic heterocycles. The third kappa shape index (κ3) is 4.30. The van der Waals surface area contributed by atoms with Crippen LogP contribution in [0, 0.1) is 3.57 Å². The van der Waals surface area contributed by atoms with Crippen molar-refractivity contribution in [3.63, 3.8) is 0 Å². The number of aromatic amines is 1. The number of imide groups is 1. The van der Waals surface area contributed by atoms with Gasteiger partial charge in [0, 0.05) is 10.7 Å². The van der Waals surface area contributed by atoms with Crippen molar-refractivity contribution < 1.29 is 24.2 Å². The fraction of sp³-hybridized carbons (Fsp3) is 0.318. The molecule has 1 saturated heterocycles. The number of ether oxygens (including phenoxy) is 2. The van der Waals surface area contributed by atoms with Crippen LogP contribution >= 0.6 is 22.6 Å². The normalized spacial score (nSPS) is 18.1. The lowest BCUT2D eigenvalue weighted by atomic mass is 10.1. The first-order chi connectivity index (χ1) is 15.4. The maximum atomic E-state index is 13.4. The lowest BCUT2D eigenvalue weighted by Crippen LogP contribution is -2.41. The summed E-state index contributed by atoms with van der Waals surface area (Å²) in [4.78, 5) is 35.3. The number of nitrogens with zero attached hydrogens (tertiary/aromatic N) is 2. The van der Waals surface area contributed by atoms with E-state index in [9.17, 15) is 9.59 Å². The van der Waals surface area contributed by atoms with Crippen molar-refractivity contribution in [3.8, 4) is 5.75 Å². The van der Waals surface area contributed by atoms with Crippen molar-refractivity contribution in [2.45, 2.75) is 25.1 Å². The summed E-state index contributed by atoms with van der Waals surface area (Å²) < 4.78 is 11.9. The number of methoxy groups -OCH3 is 1. The highest BCUT2D eigenvalue weighted by molar-refractivity contribution is 14.1. The van der Waals surface area contributed by atoms with Gasteiger partial charge < -0.3 is 24.9 Å². The van der Waals surface area contributed by atoms with Crippen LogP contribution in [0.2, 0.25) is 0 Å². The molecule has 1 aromatic heterocycles. The molecule has 3 aromatic rings. The molecule has 0 spiro atoms. The fourth-order valence-corrected chi connectivity index (χ4v) is 4.20. The van der Waals surface area contributed by atoms with E-state index < -0.39 is 24.2 Å². The number of H-pyrrole nitrogens is 1. The number of aromatic nitrogens is 2. The molecule has 2 aromatic carbocycles. The van der Waals surface area contributed by atoms with Crippen LogP contribution in [0.4, 0.5) is 4.79 Å². The number of nitrogens with one attached hydrogen (secondary N) is 2. The van der Waals surface area contributed by atoms with Crippen molar-refractivity contribution in [2.24, 2.45) is 0 Å². The summed E-state index contributed by atoms with van der Waals surface area (Å²) in [7, 11) is 1.53. The topological polar surface area (TPSA) is 117 Å². The molecule has 3 atom stereocenters. The predicted octanol–water partition coefficient (Wildman–Crippen LogP) is 2.91. The molecule has 1 aliphatic rings. The molecule has 1 fully saturated rings. The molecular formula is C22H23IN4O5. The van der Waals surface area contributed by atoms with Crippen molar-refractivity contribution >= 4 is 45.6 Å². The Bertz CT molecular complexity index is 1130. The molecule has 9 nitrogen and oxygen atoms in total. The number of rotatable bonds is 8. The molecule has 10 heteroatoms. The molecule has 4 rings (SSSR count). The Labute approximate surface area is 198 Å². The van der Waals surface area contributed by atoms with Crippen LogP contribution in [0.15, 0.2) is 42.5 Å². The van der Waals surface area contributed by atoms with E-state index in [-0.39, 0.29) is 19.1 Å². The number of fused-ring (bicyclic) bond motifs is 1. The highest BCUT2D eigenvalue weighted by atomic mass is 127. The van der Waals surface area contributed by atoms with Gasteiger partial charge in [-0.2, -0.15) is 0 Å². The third-order valence-corrected chi connectivity index (χ3v) is 6.05. The maximum absolute atomic E-state index is 13.4. The largest absolute Gasteiger partial charge is 0.491 e. The second-order valence-electron chi connectivity index (χ2n) is 7.40. The highest BCUT2D eigenvalue weighted by Crippen LogP contribution is 2.33. The Morgan fingerprint density at radius 2 is 1.97 bits per heavy atom. The number of carbonyl (C=O) groups excluding carboxylic acids is 2. The molecule has 0 radical (unpaired) electrons. The third-order valence-electron chi connectivity index (χ3n) is 5.38. The number of amides is 3. The van der Waals surface area contributed by atoms with Gasteiger partial charge in [-0.3, -0.25) is 4.79 Å². The van der Waals surface area contributed by atoms with E-state index >= 15 is 0 Å². The van der Waals surface area contributed by atoms with Crippen LogP contribution in [0.25, 0.3) is 11.0 Å². The number of benzene rings is 2. The number of carbonyl (C=O) groups is 2. The molecule has 3 N–H and O–H groups in total. The summed E-state index contributed by atoms with van der Waals surface area (Å²) in [6.07, 6.45) is -0.489. The van der Waals surface area contributed by atoms with Gasteiger partial charge in [-0.05, 0) is 65.4 Å². The maximum Gasteiger partial charge on any atom is 0.325 e. The smallest absolute Gasteiger partial charge is 0.325 e. The number of aliphatic hydroxyl groups is 1. The summed E-state index contributed by atoms with van der Waals surface area (Å²) in [5.74, 6) is 0.662. The number of hydrogen-bond donors (Lipinski definition) is 3. The van der Waals surface area contributed by atoms with E-state index in [1.54, 1.807) is 31.2 Å². The SMILES string of the molecule is COC(C)C(c1nc2cc(I)ccc2[nH]1)N1C(=O)NC(c2ccc(OCCO)cc2)C1=O. The van der Waals surface area contributed by atoms with Gasteiger partial charge in [-0.25, -0.2) is 14.7 Å². The van der Waals surface area contributed by atoms with Crippen LogP contribution < -0.4 is 10.1 Å². The van der Waals surface area contributed by atoms with Crippen LogP contribution in [0.5, 0.6) is 5.75 Å². The number of aliphatic hydroxyl groups excluding tert-OH is 1. The van der Waals surface area contributed by atoms with Gasteiger partial charge in [-0.15, -0.1) is 0 Å². The first kappa shape index (κ1) is 22.5. The molecule has 3 amide bonds. The van der Waals surface area contributed by atoms with Crippen molar-refractivity contribution in [2.75, 3.05) is 20.3 Å². The monoisotopic (exact) mass is 550 g/mol. The van der Waals surface area contributed by atoms with E-state index in [2.05, 4.69) is 37.9 Å². The first-order valence-electron chi connectivity index (χ1n) is 10.1. The summed E-state index contributed by atoms with van der Waals surface area (Å²) in [6, 6.07) is 10.6. The molecule has 2 heterocycles. The average Bonchev–Trinajstić information content (AvgIpc) is 3.33. The summed E-state index contributed by atoms with van der Waals surface area (Å²) in [5.41, 5.74) is 2.20. The molecule has 0 bridgehead atoms. The van der Waals surface area contributed by atoms with Gasteiger partial charge in [0.2, 0.25) is 0 Å².